The number of aromatic amines is 1. The Balaban J connectivity index is 1.19. The summed E-state index contributed by atoms with van der Waals surface area (Å²) in [6.45, 7) is 1.72. The normalized spacial score (nSPS) is 22.0. The summed E-state index contributed by atoms with van der Waals surface area (Å²) in [6, 6.07) is 12.6. The Bertz CT molecular complexity index is 1160. The molecule has 0 spiro atoms. The van der Waals surface area contributed by atoms with Gasteiger partial charge in [0.05, 0.1) is 20.8 Å². The first kappa shape index (κ1) is 21.6. The Morgan fingerprint density at radius 1 is 1.18 bits per heavy atom. The maximum absolute atomic E-state index is 12.4. The molecule has 3 aromatic rings. The largest absolute Gasteiger partial charge is 0.493 e. The third-order valence-electron chi connectivity index (χ3n) is 7.15. The van der Waals surface area contributed by atoms with E-state index in [9.17, 15) is 4.79 Å². The van der Waals surface area contributed by atoms with Crippen molar-refractivity contribution in [2.24, 2.45) is 5.92 Å². The molecule has 7 heteroatoms. The maximum Gasteiger partial charge on any atom is 0.407 e. The van der Waals surface area contributed by atoms with Crippen molar-refractivity contribution in [1.82, 2.24) is 15.2 Å². The molecule has 2 aliphatic rings. The third-order valence-corrected chi connectivity index (χ3v) is 7.15. The van der Waals surface area contributed by atoms with Crippen molar-refractivity contribution in [3.8, 4) is 11.5 Å². The van der Waals surface area contributed by atoms with Crippen LogP contribution < -0.4 is 14.8 Å². The lowest BCUT2D eigenvalue weighted by atomic mass is 9.72. The molecule has 2 heterocycles. The number of amides is 1. The van der Waals surface area contributed by atoms with Crippen LogP contribution in [0.15, 0.2) is 42.6 Å². The van der Waals surface area contributed by atoms with Crippen LogP contribution in [0.4, 0.5) is 4.79 Å². The highest BCUT2D eigenvalue weighted by Crippen LogP contribution is 2.44. The van der Waals surface area contributed by atoms with Crippen molar-refractivity contribution in [2.75, 3.05) is 34.4 Å². The summed E-state index contributed by atoms with van der Waals surface area (Å²) < 4.78 is 16.2. The average molecular weight is 450 g/mol. The zero-order chi connectivity index (χ0) is 22.9. The fourth-order valence-electron chi connectivity index (χ4n) is 5.58. The van der Waals surface area contributed by atoms with Gasteiger partial charge >= 0.3 is 6.09 Å². The van der Waals surface area contributed by atoms with Crippen molar-refractivity contribution in [2.45, 2.75) is 31.3 Å². The number of ether oxygens (including phenoxy) is 3. The Morgan fingerprint density at radius 2 is 2.03 bits per heavy atom. The van der Waals surface area contributed by atoms with Crippen LogP contribution in [0.1, 0.15) is 29.0 Å². The number of nitrogens with zero attached hydrogens (tertiary/aromatic N) is 1. The van der Waals surface area contributed by atoms with Gasteiger partial charge in [0.25, 0.3) is 0 Å². The van der Waals surface area contributed by atoms with Gasteiger partial charge in [0, 0.05) is 48.1 Å². The number of likely N-dealkylation sites (N-methyl/N-ethyl adjacent to an activating group) is 1. The first-order valence-corrected chi connectivity index (χ1v) is 11.5. The number of alkyl carbamates (subject to hydrolysis) is 1. The standard InChI is InChI=1S/C26H31N3O4/c1-29-14-17(9-20-19-5-4-6-21-25(19)18(13-27-21)11-22(20)29)15-33-26(30)28-12-16-7-8-23(31-2)24(10-16)32-3/h4-8,10,13,17,20,22,27H,9,11-12,14-15H2,1-3H3,(H,28,30)/t17-,20-,22-/m1/s1. The first-order valence-electron chi connectivity index (χ1n) is 11.5. The fourth-order valence-corrected chi connectivity index (χ4v) is 5.58. The van der Waals surface area contributed by atoms with E-state index in [-0.39, 0.29) is 0 Å². The van der Waals surface area contributed by atoms with Crippen molar-refractivity contribution < 1.29 is 19.0 Å². The summed E-state index contributed by atoms with van der Waals surface area (Å²) >= 11 is 0. The quantitative estimate of drug-likeness (QED) is 0.593. The highest BCUT2D eigenvalue weighted by Gasteiger charge is 2.39. The second kappa shape index (κ2) is 8.98. The van der Waals surface area contributed by atoms with Crippen LogP contribution in [0.25, 0.3) is 10.9 Å². The first-order chi connectivity index (χ1) is 16.1. The number of likely N-dealkylation sites (tertiary alicyclic amines) is 1. The van der Waals surface area contributed by atoms with Crippen molar-refractivity contribution in [3.63, 3.8) is 0 Å². The number of hydrogen-bond acceptors (Lipinski definition) is 5. The van der Waals surface area contributed by atoms with Crippen LogP contribution >= 0.6 is 0 Å². The number of aromatic nitrogens is 1. The van der Waals surface area contributed by atoms with Gasteiger partial charge in [-0.15, -0.1) is 0 Å². The predicted octanol–water partition coefficient (Wildman–Crippen LogP) is 4.07. The fraction of sp³-hybridized carbons (Fsp3) is 0.423. The molecule has 2 aromatic carbocycles. The second-order valence-corrected chi connectivity index (χ2v) is 9.14. The van der Waals surface area contributed by atoms with E-state index in [0.29, 0.717) is 42.5 Å². The molecule has 174 valence electrons. The van der Waals surface area contributed by atoms with Crippen LogP contribution in [-0.2, 0) is 17.7 Å². The Hall–Kier alpha value is -3.19. The van der Waals surface area contributed by atoms with Gasteiger partial charge < -0.3 is 29.4 Å². The lowest BCUT2D eigenvalue weighted by molar-refractivity contribution is 0.0620. The van der Waals surface area contributed by atoms with Crippen LogP contribution in [-0.4, -0.2) is 56.4 Å². The van der Waals surface area contributed by atoms with Gasteiger partial charge in [-0.25, -0.2) is 4.79 Å². The molecule has 2 N–H and O–H groups in total. The van der Waals surface area contributed by atoms with Gasteiger partial charge in [0.2, 0.25) is 0 Å². The molecule has 0 radical (unpaired) electrons. The summed E-state index contributed by atoms with van der Waals surface area (Å²) in [6.07, 6.45) is 3.86. The molecule has 5 rings (SSSR count). The molecule has 7 nitrogen and oxygen atoms in total. The Labute approximate surface area is 194 Å². The molecule has 1 amide bonds. The Morgan fingerprint density at radius 3 is 2.85 bits per heavy atom. The lowest BCUT2D eigenvalue weighted by Crippen LogP contribution is -2.49. The van der Waals surface area contributed by atoms with Gasteiger partial charge in [-0.3, -0.25) is 0 Å². The van der Waals surface area contributed by atoms with Crippen molar-refractivity contribution in [1.29, 1.82) is 0 Å². The number of H-pyrrole nitrogens is 1. The molecule has 1 aromatic heterocycles. The van der Waals surface area contributed by atoms with Gasteiger partial charge in [0.1, 0.15) is 0 Å². The summed E-state index contributed by atoms with van der Waals surface area (Å²) in [4.78, 5) is 18.2. The summed E-state index contributed by atoms with van der Waals surface area (Å²) in [7, 11) is 5.39. The maximum atomic E-state index is 12.4. The van der Waals surface area contributed by atoms with E-state index >= 15 is 0 Å². The van der Waals surface area contributed by atoms with Gasteiger partial charge in [-0.05, 0) is 54.8 Å². The smallest absolute Gasteiger partial charge is 0.407 e. The predicted molar refractivity (Wildman–Crippen MR) is 127 cm³/mol. The number of methoxy groups -OCH3 is 2. The van der Waals surface area contributed by atoms with Crippen LogP contribution in [0.5, 0.6) is 11.5 Å². The molecule has 1 fully saturated rings. The molecule has 1 aliphatic carbocycles. The second-order valence-electron chi connectivity index (χ2n) is 9.14. The molecule has 0 saturated carbocycles. The number of rotatable bonds is 6. The van der Waals surface area contributed by atoms with E-state index < -0.39 is 6.09 Å². The highest BCUT2D eigenvalue weighted by atomic mass is 16.5. The van der Waals surface area contributed by atoms with E-state index in [4.69, 9.17) is 14.2 Å². The molecular formula is C26H31N3O4. The zero-order valence-corrected chi connectivity index (χ0v) is 19.4. The van der Waals surface area contributed by atoms with E-state index in [2.05, 4.69) is 46.6 Å². The Kier molecular flexibility index (Phi) is 5.89. The monoisotopic (exact) mass is 449 g/mol. The van der Waals surface area contributed by atoms with Gasteiger partial charge in [0.15, 0.2) is 11.5 Å². The van der Waals surface area contributed by atoms with Crippen molar-refractivity contribution in [3.05, 3.63) is 59.3 Å². The van der Waals surface area contributed by atoms with E-state index in [1.807, 2.05) is 18.2 Å². The third kappa shape index (κ3) is 4.13. The van der Waals surface area contributed by atoms with Gasteiger partial charge in [-0.2, -0.15) is 0 Å². The summed E-state index contributed by atoms with van der Waals surface area (Å²) in [5.41, 5.74) is 4.98. The number of fused-ring (bicyclic) bond motifs is 2. The topological polar surface area (TPSA) is 75.8 Å². The lowest BCUT2D eigenvalue weighted by Gasteiger charge is -2.45. The van der Waals surface area contributed by atoms with E-state index in [1.165, 1.54) is 22.0 Å². The molecule has 33 heavy (non-hydrogen) atoms. The number of carbonyl (C=O) groups excluding carboxylic acids is 1. The number of benzene rings is 2. The summed E-state index contributed by atoms with van der Waals surface area (Å²) in [5, 5.41) is 4.24. The molecule has 1 aliphatic heterocycles. The molecule has 3 atom stereocenters. The molecule has 0 bridgehead atoms. The SMILES string of the molecule is COc1ccc(CNC(=O)OC[C@@H]2C[C@@H]3c4cccc5[nH]cc(c45)C[C@H]3N(C)C2)cc1OC. The number of carbonyl (C=O) groups is 1. The summed E-state index contributed by atoms with van der Waals surface area (Å²) in [5.74, 6) is 2.06. The van der Waals surface area contributed by atoms with Crippen LogP contribution in [0.2, 0.25) is 0 Å². The molecule has 0 unspecified atom stereocenters. The highest BCUT2D eigenvalue weighted by molar-refractivity contribution is 5.88. The number of hydrogen-bond donors (Lipinski definition) is 2. The minimum Gasteiger partial charge on any atom is -0.493 e. The minimum atomic E-state index is -0.395. The van der Waals surface area contributed by atoms with Crippen LogP contribution in [0.3, 0.4) is 0 Å². The van der Waals surface area contributed by atoms with Gasteiger partial charge in [-0.1, -0.05) is 18.2 Å². The van der Waals surface area contributed by atoms with E-state index in [0.717, 1.165) is 24.9 Å². The number of nitrogens with one attached hydrogen (secondary N) is 2. The van der Waals surface area contributed by atoms with Crippen molar-refractivity contribution >= 4 is 17.0 Å². The number of piperidine rings is 1. The van der Waals surface area contributed by atoms with E-state index in [1.54, 1.807) is 14.2 Å². The van der Waals surface area contributed by atoms with Crippen LogP contribution in [0, 0.1) is 5.92 Å². The molecular weight excluding hydrogens is 418 g/mol. The molecule has 1 saturated heterocycles. The zero-order valence-electron chi connectivity index (χ0n) is 19.4. The average Bonchev–Trinajstić information content (AvgIpc) is 3.26. The minimum absolute atomic E-state index is 0.304.